The van der Waals surface area contributed by atoms with E-state index in [0.29, 0.717) is 5.69 Å². The Kier molecular flexibility index (Phi) is 4.33. The highest BCUT2D eigenvalue weighted by Crippen LogP contribution is 2.45. The van der Waals surface area contributed by atoms with Crippen LogP contribution in [0.3, 0.4) is 0 Å². The normalized spacial score (nSPS) is 13.4. The van der Waals surface area contributed by atoms with Crippen LogP contribution < -0.4 is 5.09 Å². The van der Waals surface area contributed by atoms with Crippen molar-refractivity contribution < 1.29 is 19.0 Å². The predicted octanol–water partition coefficient (Wildman–Crippen LogP) is 2.62. The van der Waals surface area contributed by atoms with Crippen LogP contribution in [0.15, 0.2) is 24.3 Å². The van der Waals surface area contributed by atoms with Gasteiger partial charge in [0.25, 0.3) is 0 Å². The van der Waals surface area contributed by atoms with Crippen LogP contribution in [0.1, 0.15) is 17.3 Å². The molecule has 1 atom stereocenters. The smallest absolute Gasteiger partial charge is 0.367 e. The van der Waals surface area contributed by atoms with Gasteiger partial charge in [0.2, 0.25) is 0 Å². The summed E-state index contributed by atoms with van der Waals surface area (Å²) in [5.74, 6) is -1.03. The summed E-state index contributed by atoms with van der Waals surface area (Å²) in [4.78, 5) is 10.6. The molecule has 0 heterocycles. The molecule has 1 aromatic carbocycles. The molecule has 17 heavy (non-hydrogen) atoms. The second kappa shape index (κ2) is 5.53. The molecule has 0 saturated carbocycles. The standard InChI is InChI=1S/C11H12NO4P/c1-3-16-17(15,4-2)12-10-7-5-9(6-8-10)11(13)14/h2,5-8H,3H2,1H3,(H,12,15)(H,13,14). The van der Waals surface area contributed by atoms with Gasteiger partial charge in [-0.3, -0.25) is 4.57 Å². The van der Waals surface area contributed by atoms with Gasteiger partial charge in [-0.25, -0.2) is 4.79 Å². The Labute approximate surface area is 99.3 Å². The lowest BCUT2D eigenvalue weighted by atomic mass is 10.2. The van der Waals surface area contributed by atoms with E-state index < -0.39 is 13.5 Å². The van der Waals surface area contributed by atoms with Crippen LogP contribution in [0.25, 0.3) is 0 Å². The van der Waals surface area contributed by atoms with E-state index >= 15 is 0 Å². The topological polar surface area (TPSA) is 75.6 Å². The molecule has 1 rings (SSSR count). The van der Waals surface area contributed by atoms with Gasteiger partial charge in [-0.05, 0) is 31.2 Å². The second-order valence-electron chi connectivity index (χ2n) is 3.09. The van der Waals surface area contributed by atoms with Crippen LogP contribution in [0, 0.1) is 12.1 Å². The Balaban J connectivity index is 2.86. The van der Waals surface area contributed by atoms with E-state index in [1.165, 1.54) is 24.3 Å². The van der Waals surface area contributed by atoms with Gasteiger partial charge < -0.3 is 14.7 Å². The number of hydrogen-bond acceptors (Lipinski definition) is 3. The lowest BCUT2D eigenvalue weighted by molar-refractivity contribution is 0.0697. The van der Waals surface area contributed by atoms with Crippen molar-refractivity contribution in [1.82, 2.24) is 0 Å². The zero-order valence-electron chi connectivity index (χ0n) is 9.21. The molecule has 0 saturated heterocycles. The van der Waals surface area contributed by atoms with Crippen molar-refractivity contribution in [3.8, 4) is 12.1 Å². The van der Waals surface area contributed by atoms with Gasteiger partial charge in [0.15, 0.2) is 0 Å². The summed E-state index contributed by atoms with van der Waals surface area (Å²) in [6.07, 6.45) is 5.12. The van der Waals surface area contributed by atoms with E-state index in [0.717, 1.165) is 0 Å². The third-order valence-electron chi connectivity index (χ3n) is 1.89. The average Bonchev–Trinajstić information content (AvgIpc) is 2.30. The third-order valence-corrected chi connectivity index (χ3v) is 3.40. The molecule has 1 unspecified atom stereocenters. The van der Waals surface area contributed by atoms with Crippen molar-refractivity contribution in [2.45, 2.75) is 6.92 Å². The first-order chi connectivity index (χ1) is 8.00. The first-order valence-electron chi connectivity index (χ1n) is 4.85. The molecule has 0 radical (unpaired) electrons. The summed E-state index contributed by atoms with van der Waals surface area (Å²) in [6, 6.07) is 5.73. The Morgan fingerprint density at radius 3 is 2.53 bits per heavy atom. The lowest BCUT2D eigenvalue weighted by Crippen LogP contribution is -2.00. The van der Waals surface area contributed by atoms with Crippen molar-refractivity contribution in [2.24, 2.45) is 0 Å². The fourth-order valence-electron chi connectivity index (χ4n) is 1.14. The van der Waals surface area contributed by atoms with E-state index in [2.05, 4.69) is 10.7 Å². The van der Waals surface area contributed by atoms with Gasteiger partial charge in [-0.15, -0.1) is 6.42 Å². The number of carboxylic acids is 1. The number of carbonyl (C=O) groups is 1. The van der Waals surface area contributed by atoms with Crippen LogP contribution in [-0.4, -0.2) is 17.7 Å². The highest BCUT2D eigenvalue weighted by Gasteiger charge is 2.18. The number of benzene rings is 1. The van der Waals surface area contributed by atoms with Crippen LogP contribution in [0.2, 0.25) is 0 Å². The average molecular weight is 253 g/mol. The molecule has 2 N–H and O–H groups in total. The minimum absolute atomic E-state index is 0.141. The van der Waals surface area contributed by atoms with Gasteiger partial charge in [0.1, 0.15) is 0 Å². The number of terminal acetylenes is 1. The number of nitrogens with one attached hydrogen (secondary N) is 1. The van der Waals surface area contributed by atoms with E-state index in [1.807, 2.05) is 0 Å². The van der Waals surface area contributed by atoms with Crippen molar-refractivity contribution in [3.63, 3.8) is 0 Å². The zero-order chi connectivity index (χ0) is 12.9. The van der Waals surface area contributed by atoms with Crippen LogP contribution in [0.4, 0.5) is 5.69 Å². The fourth-order valence-corrected chi connectivity index (χ4v) is 2.20. The first kappa shape index (κ1) is 13.3. The number of rotatable bonds is 5. The van der Waals surface area contributed by atoms with Gasteiger partial charge in [0, 0.05) is 11.3 Å². The summed E-state index contributed by atoms with van der Waals surface area (Å²) in [5.41, 5.74) is 2.66. The summed E-state index contributed by atoms with van der Waals surface area (Å²) in [5, 5.41) is 11.3. The summed E-state index contributed by atoms with van der Waals surface area (Å²) >= 11 is 0. The maximum atomic E-state index is 11.9. The molecule has 0 aliphatic carbocycles. The highest BCUT2D eigenvalue weighted by atomic mass is 31.2. The maximum Gasteiger partial charge on any atom is 0.367 e. The van der Waals surface area contributed by atoms with Gasteiger partial charge >= 0.3 is 13.5 Å². The summed E-state index contributed by atoms with van der Waals surface area (Å²) < 4.78 is 16.8. The van der Waals surface area contributed by atoms with Crippen LogP contribution >= 0.6 is 7.52 Å². The SMILES string of the molecule is C#CP(=O)(Nc1ccc(C(=O)O)cc1)OCC. The van der Waals surface area contributed by atoms with Gasteiger partial charge in [-0.1, -0.05) is 0 Å². The molecule has 0 spiro atoms. The minimum Gasteiger partial charge on any atom is -0.478 e. The van der Waals surface area contributed by atoms with Crippen molar-refractivity contribution in [2.75, 3.05) is 11.7 Å². The Morgan fingerprint density at radius 1 is 1.53 bits per heavy atom. The summed E-state index contributed by atoms with van der Waals surface area (Å²) in [7, 11) is -3.33. The Bertz CT molecular complexity index is 489. The van der Waals surface area contributed by atoms with Crippen LogP contribution in [0.5, 0.6) is 0 Å². The highest BCUT2D eigenvalue weighted by molar-refractivity contribution is 7.65. The number of anilines is 1. The fraction of sp³-hybridized carbons (Fsp3) is 0.182. The second-order valence-corrected chi connectivity index (χ2v) is 4.94. The van der Waals surface area contributed by atoms with E-state index in [9.17, 15) is 9.36 Å². The van der Waals surface area contributed by atoms with Crippen molar-refractivity contribution in [3.05, 3.63) is 29.8 Å². The van der Waals surface area contributed by atoms with Crippen molar-refractivity contribution in [1.29, 1.82) is 0 Å². The molecule has 6 heteroatoms. The van der Waals surface area contributed by atoms with Gasteiger partial charge in [-0.2, -0.15) is 0 Å². The van der Waals surface area contributed by atoms with E-state index in [-0.39, 0.29) is 12.2 Å². The molecular formula is C11H12NO4P. The number of aromatic carboxylic acids is 1. The molecule has 0 aliphatic heterocycles. The third kappa shape index (κ3) is 3.63. The molecule has 0 aliphatic rings. The zero-order valence-corrected chi connectivity index (χ0v) is 10.1. The molecule has 5 nitrogen and oxygen atoms in total. The van der Waals surface area contributed by atoms with Crippen molar-refractivity contribution >= 4 is 19.2 Å². The molecule has 0 aromatic heterocycles. The molecule has 0 bridgehead atoms. The minimum atomic E-state index is -3.33. The molecular weight excluding hydrogens is 241 g/mol. The molecule has 1 aromatic rings. The number of carboxylic acid groups (broad SMARTS) is 1. The number of hydrogen-bond donors (Lipinski definition) is 2. The molecule has 0 fully saturated rings. The largest absolute Gasteiger partial charge is 0.478 e. The Morgan fingerprint density at radius 2 is 2.12 bits per heavy atom. The molecule has 0 amide bonds. The van der Waals surface area contributed by atoms with Gasteiger partial charge in [0.05, 0.1) is 12.2 Å². The van der Waals surface area contributed by atoms with E-state index in [4.69, 9.17) is 16.1 Å². The summed E-state index contributed by atoms with van der Waals surface area (Å²) in [6.45, 7) is 1.90. The monoisotopic (exact) mass is 253 g/mol. The quantitative estimate of drug-likeness (QED) is 0.623. The lowest BCUT2D eigenvalue weighted by Gasteiger charge is -2.13. The molecule has 90 valence electrons. The Hall–Kier alpha value is -1.76. The first-order valence-corrected chi connectivity index (χ1v) is 6.47. The maximum absolute atomic E-state index is 11.9. The predicted molar refractivity (Wildman–Crippen MR) is 65.1 cm³/mol. The van der Waals surface area contributed by atoms with E-state index in [1.54, 1.807) is 6.92 Å². The van der Waals surface area contributed by atoms with Crippen LogP contribution in [-0.2, 0) is 9.09 Å².